The Morgan fingerprint density at radius 1 is 0.941 bits per heavy atom. The Morgan fingerprint density at radius 3 is 2.62 bits per heavy atom. The van der Waals surface area contributed by atoms with Gasteiger partial charge in [-0.15, -0.1) is 10.2 Å². The predicted octanol–water partition coefficient (Wildman–Crippen LogP) is 4.91. The molecule has 172 valence electrons. The van der Waals surface area contributed by atoms with Crippen LogP contribution in [0, 0.1) is 6.92 Å². The van der Waals surface area contributed by atoms with Gasteiger partial charge in [0.15, 0.2) is 5.16 Å². The maximum Gasteiger partial charge on any atom is 0.267 e. The number of hydrogen-bond donors (Lipinski definition) is 0. The molecule has 0 N–H and O–H groups in total. The van der Waals surface area contributed by atoms with Crippen LogP contribution in [0.15, 0.2) is 82.7 Å². The number of thioether (sulfide) groups is 1. The molecule has 5 rings (SSSR count). The molecule has 2 aromatic heterocycles. The molecule has 0 atom stereocenters. The smallest absolute Gasteiger partial charge is 0.267 e. The van der Waals surface area contributed by atoms with Crippen molar-refractivity contribution in [3.63, 3.8) is 0 Å². The van der Waals surface area contributed by atoms with Gasteiger partial charge in [-0.3, -0.25) is 9.20 Å². The topological polar surface area (TPSA) is 70.7 Å². The van der Waals surface area contributed by atoms with Crippen LogP contribution < -0.4 is 15.0 Å². The largest absolute Gasteiger partial charge is 0.497 e. The molecule has 0 unspecified atom stereocenters. The van der Waals surface area contributed by atoms with Gasteiger partial charge in [0.25, 0.3) is 5.56 Å². The third kappa shape index (κ3) is 4.24. The second kappa shape index (κ2) is 9.61. The minimum atomic E-state index is -0.146. The Morgan fingerprint density at radius 2 is 1.76 bits per heavy atom. The van der Waals surface area contributed by atoms with Crippen LogP contribution in [0.2, 0.25) is 0 Å². The van der Waals surface area contributed by atoms with Crippen molar-refractivity contribution in [3.05, 3.63) is 88.7 Å². The lowest BCUT2D eigenvalue weighted by Crippen LogP contribution is -2.21. The monoisotopic (exact) mass is 472 g/mol. The van der Waals surface area contributed by atoms with Crippen molar-refractivity contribution in [3.8, 4) is 17.2 Å². The Bertz CT molecular complexity index is 1530. The highest BCUT2D eigenvalue weighted by atomic mass is 32.2. The van der Waals surface area contributed by atoms with Crippen molar-refractivity contribution < 1.29 is 9.47 Å². The molecule has 2 heterocycles. The first kappa shape index (κ1) is 22.0. The van der Waals surface area contributed by atoms with E-state index in [1.54, 1.807) is 23.4 Å². The van der Waals surface area contributed by atoms with E-state index in [1.165, 1.54) is 5.56 Å². The lowest BCUT2D eigenvalue weighted by molar-refractivity contribution is 0.318. The summed E-state index contributed by atoms with van der Waals surface area (Å²) in [5, 5.41) is 10.2. The highest BCUT2D eigenvalue weighted by Crippen LogP contribution is 2.25. The fraction of sp³-hybridized carbons (Fsp3) is 0.192. The van der Waals surface area contributed by atoms with Gasteiger partial charge in [0.2, 0.25) is 5.78 Å². The Balaban J connectivity index is 1.46. The first-order valence-corrected chi connectivity index (χ1v) is 12.0. The molecule has 0 saturated carbocycles. The molecule has 8 heteroatoms. The average Bonchev–Trinajstić information content (AvgIpc) is 3.28. The lowest BCUT2D eigenvalue weighted by Gasteiger charge is -2.12. The molecule has 0 saturated heterocycles. The van der Waals surface area contributed by atoms with E-state index in [4.69, 9.17) is 9.47 Å². The predicted molar refractivity (Wildman–Crippen MR) is 135 cm³/mol. The SMILES string of the molecule is COc1cccc(-n2c(=O)c3ccccc3n3c(SCCCOc4cccc(C)c4)nnc23)c1. The number of ether oxygens (including phenoxy) is 2. The first-order valence-electron chi connectivity index (χ1n) is 11.0. The molecule has 5 aromatic rings. The van der Waals surface area contributed by atoms with Gasteiger partial charge in [-0.2, -0.15) is 0 Å². The van der Waals surface area contributed by atoms with E-state index in [2.05, 4.69) is 23.2 Å². The molecule has 0 fully saturated rings. The number of aromatic nitrogens is 4. The van der Waals surface area contributed by atoms with Gasteiger partial charge in [0.05, 0.1) is 30.3 Å². The Kier molecular flexibility index (Phi) is 6.22. The second-order valence-corrected chi connectivity index (χ2v) is 8.91. The molecule has 0 radical (unpaired) electrons. The van der Waals surface area contributed by atoms with Crippen LogP contribution in [0.1, 0.15) is 12.0 Å². The normalized spacial score (nSPS) is 11.2. The van der Waals surface area contributed by atoms with Crippen LogP contribution in [0.5, 0.6) is 11.5 Å². The molecule has 0 aliphatic carbocycles. The minimum Gasteiger partial charge on any atom is -0.497 e. The van der Waals surface area contributed by atoms with Crippen molar-refractivity contribution in [2.45, 2.75) is 18.5 Å². The van der Waals surface area contributed by atoms with Crippen molar-refractivity contribution in [1.82, 2.24) is 19.2 Å². The van der Waals surface area contributed by atoms with Crippen LogP contribution in [-0.4, -0.2) is 38.6 Å². The average molecular weight is 473 g/mol. The zero-order valence-electron chi connectivity index (χ0n) is 19.0. The Labute approximate surface area is 201 Å². The highest BCUT2D eigenvalue weighted by molar-refractivity contribution is 7.99. The summed E-state index contributed by atoms with van der Waals surface area (Å²) in [6.07, 6.45) is 0.848. The number of aryl methyl sites for hydroxylation is 1. The summed E-state index contributed by atoms with van der Waals surface area (Å²) in [7, 11) is 1.60. The molecular weight excluding hydrogens is 448 g/mol. The molecule has 0 bridgehead atoms. The van der Waals surface area contributed by atoms with Gasteiger partial charge < -0.3 is 9.47 Å². The number of nitrogens with zero attached hydrogens (tertiary/aromatic N) is 4. The molecule has 0 aliphatic rings. The van der Waals surface area contributed by atoms with Crippen molar-refractivity contribution in [1.29, 1.82) is 0 Å². The van der Waals surface area contributed by atoms with Gasteiger partial charge in [-0.1, -0.05) is 42.1 Å². The van der Waals surface area contributed by atoms with Crippen LogP contribution in [0.4, 0.5) is 0 Å². The minimum absolute atomic E-state index is 0.146. The summed E-state index contributed by atoms with van der Waals surface area (Å²) in [4.78, 5) is 13.4. The number of rotatable bonds is 8. The van der Waals surface area contributed by atoms with E-state index in [0.717, 1.165) is 28.6 Å². The van der Waals surface area contributed by atoms with E-state index >= 15 is 0 Å². The molecule has 7 nitrogen and oxygen atoms in total. The Hall–Kier alpha value is -3.78. The van der Waals surface area contributed by atoms with Crippen molar-refractivity contribution in [2.75, 3.05) is 19.5 Å². The second-order valence-electron chi connectivity index (χ2n) is 7.84. The van der Waals surface area contributed by atoms with Crippen LogP contribution in [-0.2, 0) is 0 Å². The number of benzene rings is 3. The fourth-order valence-electron chi connectivity index (χ4n) is 3.87. The van der Waals surface area contributed by atoms with Crippen LogP contribution in [0.3, 0.4) is 0 Å². The molecular formula is C26H24N4O3S. The van der Waals surface area contributed by atoms with Crippen molar-refractivity contribution in [2.24, 2.45) is 0 Å². The van der Waals surface area contributed by atoms with Crippen LogP contribution >= 0.6 is 11.8 Å². The quantitative estimate of drug-likeness (QED) is 0.236. The van der Waals surface area contributed by atoms with Gasteiger partial charge in [-0.05, 0) is 55.3 Å². The lowest BCUT2D eigenvalue weighted by atomic mass is 10.2. The molecule has 34 heavy (non-hydrogen) atoms. The fourth-order valence-corrected chi connectivity index (χ4v) is 4.72. The highest BCUT2D eigenvalue weighted by Gasteiger charge is 2.18. The van der Waals surface area contributed by atoms with E-state index in [1.807, 2.05) is 71.1 Å². The summed E-state index contributed by atoms with van der Waals surface area (Å²) < 4.78 is 14.8. The zero-order chi connectivity index (χ0) is 23.5. The maximum absolute atomic E-state index is 13.4. The first-order chi connectivity index (χ1) is 16.7. The van der Waals surface area contributed by atoms with E-state index < -0.39 is 0 Å². The third-order valence-corrected chi connectivity index (χ3v) is 6.50. The number of methoxy groups -OCH3 is 1. The maximum atomic E-state index is 13.4. The van der Waals surface area contributed by atoms with E-state index in [9.17, 15) is 4.79 Å². The van der Waals surface area contributed by atoms with E-state index in [-0.39, 0.29) is 5.56 Å². The number of hydrogen-bond acceptors (Lipinski definition) is 6. The summed E-state index contributed by atoms with van der Waals surface area (Å²) in [5.74, 6) is 2.82. The summed E-state index contributed by atoms with van der Waals surface area (Å²) in [6.45, 7) is 2.66. The molecule has 0 spiro atoms. The molecule has 0 aliphatic heterocycles. The van der Waals surface area contributed by atoms with Crippen LogP contribution in [0.25, 0.3) is 22.4 Å². The summed E-state index contributed by atoms with van der Waals surface area (Å²) in [6, 6.07) is 23.0. The van der Waals surface area contributed by atoms with Gasteiger partial charge >= 0.3 is 0 Å². The molecule has 0 amide bonds. The van der Waals surface area contributed by atoms with Crippen molar-refractivity contribution >= 4 is 28.4 Å². The zero-order valence-corrected chi connectivity index (χ0v) is 19.8. The van der Waals surface area contributed by atoms with Gasteiger partial charge in [0, 0.05) is 11.8 Å². The summed E-state index contributed by atoms with van der Waals surface area (Å²) >= 11 is 1.60. The summed E-state index contributed by atoms with van der Waals surface area (Å²) in [5.41, 5.74) is 2.49. The standard InChI is InChI=1S/C26H24N4O3S/c1-18-8-5-11-21(16-18)33-14-7-15-34-26-28-27-25-29(19-9-6-10-20(17-19)32-2)24(31)22-12-3-4-13-23(22)30(25)26/h3-6,8-13,16-17H,7,14-15H2,1-2H3. The van der Waals surface area contributed by atoms with Gasteiger partial charge in [-0.25, -0.2) is 4.57 Å². The van der Waals surface area contributed by atoms with E-state index in [0.29, 0.717) is 29.2 Å². The molecule has 3 aromatic carbocycles. The number of para-hydroxylation sites is 1. The van der Waals surface area contributed by atoms with Gasteiger partial charge in [0.1, 0.15) is 11.5 Å². The number of fused-ring (bicyclic) bond motifs is 3. The third-order valence-electron chi connectivity index (χ3n) is 5.48.